The van der Waals surface area contributed by atoms with Crippen LogP contribution >= 0.6 is 0 Å². The summed E-state index contributed by atoms with van der Waals surface area (Å²) in [6, 6.07) is 0. The van der Waals surface area contributed by atoms with Crippen molar-refractivity contribution in [3.05, 3.63) is 11.6 Å². The highest BCUT2D eigenvalue weighted by atomic mass is 16.5. The topological polar surface area (TPSA) is 29.5 Å². The van der Waals surface area contributed by atoms with Crippen LogP contribution < -0.4 is 0 Å². The van der Waals surface area contributed by atoms with Crippen molar-refractivity contribution in [2.24, 2.45) is 0 Å². The highest BCUT2D eigenvalue weighted by Crippen LogP contribution is 2.25. The van der Waals surface area contributed by atoms with Crippen LogP contribution in [0.1, 0.15) is 51.4 Å². The van der Waals surface area contributed by atoms with Crippen LogP contribution in [0.2, 0.25) is 0 Å². The van der Waals surface area contributed by atoms with Crippen molar-refractivity contribution < 1.29 is 9.84 Å². The number of rotatable bonds is 4. The van der Waals surface area contributed by atoms with Gasteiger partial charge in [-0.05, 0) is 56.9 Å². The van der Waals surface area contributed by atoms with E-state index in [-0.39, 0.29) is 6.10 Å². The molecule has 1 N–H and O–H groups in total. The Bertz CT molecular complexity index is 217. The van der Waals surface area contributed by atoms with Crippen LogP contribution in [0.25, 0.3) is 0 Å². The minimum Gasteiger partial charge on any atom is -0.389 e. The fraction of sp³-hybridized carbons (Fsp3) is 0.846. The number of ether oxygens (including phenoxy) is 1. The van der Waals surface area contributed by atoms with E-state index in [9.17, 15) is 5.11 Å². The molecule has 0 aromatic carbocycles. The van der Waals surface area contributed by atoms with Gasteiger partial charge in [-0.2, -0.15) is 0 Å². The monoisotopic (exact) mass is 210 g/mol. The summed E-state index contributed by atoms with van der Waals surface area (Å²) >= 11 is 0. The summed E-state index contributed by atoms with van der Waals surface area (Å²) in [6.45, 7) is 0.920. The maximum Gasteiger partial charge on any atom is 0.0751 e. The van der Waals surface area contributed by atoms with E-state index in [0.717, 1.165) is 32.3 Å². The van der Waals surface area contributed by atoms with Gasteiger partial charge in [-0.25, -0.2) is 0 Å². The van der Waals surface area contributed by atoms with E-state index in [1.165, 1.54) is 31.3 Å². The molecule has 1 heterocycles. The minimum absolute atomic E-state index is 0.196. The Kier molecular flexibility index (Phi) is 4.21. The maximum absolute atomic E-state index is 9.96. The highest BCUT2D eigenvalue weighted by molar-refractivity contribution is 5.12. The van der Waals surface area contributed by atoms with Gasteiger partial charge in [-0.3, -0.25) is 0 Å². The molecule has 2 rings (SSSR count). The van der Waals surface area contributed by atoms with Gasteiger partial charge in [0, 0.05) is 6.61 Å². The van der Waals surface area contributed by atoms with Gasteiger partial charge in [0.05, 0.1) is 12.2 Å². The second kappa shape index (κ2) is 5.66. The predicted octanol–water partition coefficient (Wildman–Crippen LogP) is 2.81. The molecule has 1 fully saturated rings. The van der Waals surface area contributed by atoms with Crippen molar-refractivity contribution >= 4 is 0 Å². The van der Waals surface area contributed by atoms with Gasteiger partial charge in [0.2, 0.25) is 0 Å². The summed E-state index contributed by atoms with van der Waals surface area (Å²) in [5.41, 5.74) is 1.27. The van der Waals surface area contributed by atoms with Crippen LogP contribution in [0.3, 0.4) is 0 Å². The Labute approximate surface area is 92.3 Å². The lowest BCUT2D eigenvalue weighted by atomic mass is 9.99. The highest BCUT2D eigenvalue weighted by Gasteiger charge is 2.18. The van der Waals surface area contributed by atoms with Gasteiger partial charge in [-0.1, -0.05) is 6.08 Å². The van der Waals surface area contributed by atoms with E-state index >= 15 is 0 Å². The SMILES string of the molecule is OC(CCC1CCCCO1)C1=CCCC1. The van der Waals surface area contributed by atoms with Crippen molar-refractivity contribution in [3.63, 3.8) is 0 Å². The summed E-state index contributed by atoms with van der Waals surface area (Å²) in [5, 5.41) is 9.96. The fourth-order valence-corrected chi connectivity index (χ4v) is 2.56. The lowest BCUT2D eigenvalue weighted by Gasteiger charge is -2.23. The molecule has 0 spiro atoms. The average Bonchev–Trinajstić information content (AvgIpc) is 2.81. The normalized spacial score (nSPS) is 28.9. The zero-order chi connectivity index (χ0) is 10.5. The number of hydrogen-bond acceptors (Lipinski definition) is 2. The third-order valence-corrected chi connectivity index (χ3v) is 3.54. The first-order chi connectivity index (χ1) is 7.36. The Morgan fingerprint density at radius 1 is 1.40 bits per heavy atom. The molecule has 2 aliphatic rings. The molecule has 0 bridgehead atoms. The Morgan fingerprint density at radius 2 is 2.33 bits per heavy atom. The predicted molar refractivity (Wildman–Crippen MR) is 60.8 cm³/mol. The van der Waals surface area contributed by atoms with Gasteiger partial charge < -0.3 is 9.84 Å². The van der Waals surface area contributed by atoms with Crippen LogP contribution in [0.15, 0.2) is 11.6 Å². The first-order valence-corrected chi connectivity index (χ1v) is 6.35. The molecule has 1 aliphatic heterocycles. The second-order valence-corrected chi connectivity index (χ2v) is 4.75. The number of hydrogen-bond donors (Lipinski definition) is 1. The molecule has 2 nitrogen and oxygen atoms in total. The Balaban J connectivity index is 1.67. The number of aliphatic hydroxyl groups is 1. The van der Waals surface area contributed by atoms with Gasteiger partial charge in [-0.15, -0.1) is 0 Å². The van der Waals surface area contributed by atoms with Crippen LogP contribution in [0.4, 0.5) is 0 Å². The number of aliphatic hydroxyl groups excluding tert-OH is 1. The number of allylic oxidation sites excluding steroid dienone is 1. The van der Waals surface area contributed by atoms with E-state index < -0.39 is 0 Å². The van der Waals surface area contributed by atoms with Crippen LogP contribution in [-0.4, -0.2) is 23.9 Å². The smallest absolute Gasteiger partial charge is 0.0751 e. The molecule has 15 heavy (non-hydrogen) atoms. The molecule has 0 saturated carbocycles. The molecule has 0 radical (unpaired) electrons. The quantitative estimate of drug-likeness (QED) is 0.723. The van der Waals surface area contributed by atoms with Crippen molar-refractivity contribution in [3.8, 4) is 0 Å². The van der Waals surface area contributed by atoms with Crippen LogP contribution in [-0.2, 0) is 4.74 Å². The second-order valence-electron chi connectivity index (χ2n) is 4.75. The molecular weight excluding hydrogens is 188 g/mol. The molecule has 2 atom stereocenters. The molecule has 2 heteroatoms. The van der Waals surface area contributed by atoms with Gasteiger partial charge in [0.25, 0.3) is 0 Å². The van der Waals surface area contributed by atoms with E-state index in [0.29, 0.717) is 6.10 Å². The molecule has 0 aromatic rings. The first kappa shape index (κ1) is 11.2. The standard InChI is InChI=1S/C13H22O2/c14-13(11-5-1-2-6-11)9-8-12-7-3-4-10-15-12/h5,12-14H,1-4,6-10H2. The zero-order valence-corrected chi connectivity index (χ0v) is 9.45. The Morgan fingerprint density at radius 3 is 3.00 bits per heavy atom. The van der Waals surface area contributed by atoms with Crippen molar-refractivity contribution in [1.82, 2.24) is 0 Å². The van der Waals surface area contributed by atoms with Gasteiger partial charge in [0.1, 0.15) is 0 Å². The van der Waals surface area contributed by atoms with E-state index in [1.54, 1.807) is 0 Å². The lowest BCUT2D eigenvalue weighted by Crippen LogP contribution is -2.21. The van der Waals surface area contributed by atoms with E-state index in [2.05, 4.69) is 6.08 Å². The molecule has 86 valence electrons. The minimum atomic E-state index is -0.196. The van der Waals surface area contributed by atoms with Crippen molar-refractivity contribution in [1.29, 1.82) is 0 Å². The van der Waals surface area contributed by atoms with Crippen LogP contribution in [0, 0.1) is 0 Å². The zero-order valence-electron chi connectivity index (χ0n) is 9.45. The Hall–Kier alpha value is -0.340. The summed E-state index contributed by atoms with van der Waals surface area (Å²) in [4.78, 5) is 0. The molecule has 1 aliphatic carbocycles. The average molecular weight is 210 g/mol. The van der Waals surface area contributed by atoms with Crippen molar-refractivity contribution in [2.75, 3.05) is 6.61 Å². The molecule has 2 unspecified atom stereocenters. The van der Waals surface area contributed by atoms with Gasteiger partial charge >= 0.3 is 0 Å². The first-order valence-electron chi connectivity index (χ1n) is 6.35. The third-order valence-electron chi connectivity index (χ3n) is 3.54. The summed E-state index contributed by atoms with van der Waals surface area (Å²) in [5.74, 6) is 0. The summed E-state index contributed by atoms with van der Waals surface area (Å²) < 4.78 is 5.66. The lowest BCUT2D eigenvalue weighted by molar-refractivity contribution is 0.00428. The van der Waals surface area contributed by atoms with Gasteiger partial charge in [0.15, 0.2) is 0 Å². The largest absolute Gasteiger partial charge is 0.389 e. The third kappa shape index (κ3) is 3.32. The molecule has 0 aromatic heterocycles. The maximum atomic E-state index is 9.96. The fourth-order valence-electron chi connectivity index (χ4n) is 2.56. The molecular formula is C13H22O2. The van der Waals surface area contributed by atoms with E-state index in [1.807, 2.05) is 0 Å². The van der Waals surface area contributed by atoms with E-state index in [4.69, 9.17) is 4.74 Å². The van der Waals surface area contributed by atoms with Crippen LogP contribution in [0.5, 0.6) is 0 Å². The molecule has 1 saturated heterocycles. The van der Waals surface area contributed by atoms with Crippen molar-refractivity contribution in [2.45, 2.75) is 63.6 Å². The summed E-state index contributed by atoms with van der Waals surface area (Å²) in [6.07, 6.45) is 11.5. The molecule has 0 amide bonds. The summed E-state index contributed by atoms with van der Waals surface area (Å²) in [7, 11) is 0.